The monoisotopic (exact) mass is 392 g/mol. The summed E-state index contributed by atoms with van der Waals surface area (Å²) in [5, 5.41) is 0. The van der Waals surface area contributed by atoms with E-state index in [2.05, 4.69) is 13.5 Å². The van der Waals surface area contributed by atoms with E-state index < -0.39 is 11.7 Å². The number of ketones is 2. The summed E-state index contributed by atoms with van der Waals surface area (Å²) in [6, 6.07) is 0. The Labute approximate surface area is 171 Å². The molecule has 0 aliphatic heterocycles. The number of allylic oxidation sites excluding steroid dienone is 2. The maximum atomic E-state index is 12.9. The molecule has 0 saturated carbocycles. The van der Waals surface area contributed by atoms with Gasteiger partial charge in [-0.2, -0.15) is 0 Å². The van der Waals surface area contributed by atoms with Crippen molar-refractivity contribution in [2.75, 3.05) is 14.2 Å². The molecule has 0 fully saturated rings. The lowest BCUT2D eigenvalue weighted by molar-refractivity contribution is -0.215. The van der Waals surface area contributed by atoms with Gasteiger partial charge in [-0.1, -0.05) is 57.4 Å². The number of rotatable bonds is 14. The number of unbranched alkanes of at least 4 members (excludes halogenated alkanes) is 7. The quantitative estimate of drug-likeness (QED) is 0.159. The molecule has 1 aliphatic rings. The van der Waals surface area contributed by atoms with Crippen LogP contribution in [0.5, 0.6) is 0 Å². The zero-order valence-corrected chi connectivity index (χ0v) is 18.7. The number of methoxy groups -OCH3 is 2. The van der Waals surface area contributed by atoms with Crippen molar-refractivity contribution in [3.63, 3.8) is 0 Å². The zero-order chi connectivity index (χ0) is 21.2. The first-order chi connectivity index (χ1) is 13.4. The molecular weight excluding hydrogens is 352 g/mol. The van der Waals surface area contributed by atoms with Gasteiger partial charge in [-0.05, 0) is 45.1 Å². The van der Waals surface area contributed by atoms with Gasteiger partial charge in [0.1, 0.15) is 0 Å². The molecule has 0 aromatic rings. The zero-order valence-electron chi connectivity index (χ0n) is 18.7. The lowest BCUT2D eigenvalue weighted by Gasteiger charge is -2.42. The Bertz CT molecular complexity index is 569. The van der Waals surface area contributed by atoms with E-state index in [1.165, 1.54) is 38.5 Å². The highest BCUT2D eigenvalue weighted by Gasteiger charge is 2.52. The Kier molecular flexibility index (Phi) is 10.9. The van der Waals surface area contributed by atoms with E-state index in [0.717, 1.165) is 24.0 Å². The molecule has 0 bridgehead atoms. The largest absolute Gasteiger partial charge is 0.349 e. The summed E-state index contributed by atoms with van der Waals surface area (Å²) in [6.07, 6.45) is 11.4. The maximum Gasteiger partial charge on any atom is 0.225 e. The van der Waals surface area contributed by atoms with Crippen molar-refractivity contribution in [1.29, 1.82) is 0 Å². The fourth-order valence-electron chi connectivity index (χ4n) is 4.24. The van der Waals surface area contributed by atoms with Gasteiger partial charge in [0, 0.05) is 19.8 Å². The standard InChI is InChI=1S/C24H40O4/c1-7-8-9-10-11-12-13-14-15-20-19(4)24(27-5,28-6)21(17-16-18(2)3)23(26)22(20)25/h21H,2,7-17H2,1,3-6H3. The van der Waals surface area contributed by atoms with Crippen LogP contribution in [0, 0.1) is 5.92 Å². The minimum absolute atomic E-state index is 0.350. The highest BCUT2D eigenvalue weighted by atomic mass is 16.7. The highest BCUT2D eigenvalue weighted by molar-refractivity contribution is 6.45. The van der Waals surface area contributed by atoms with Crippen LogP contribution >= 0.6 is 0 Å². The third-order valence-electron chi connectivity index (χ3n) is 6.00. The minimum Gasteiger partial charge on any atom is -0.349 e. The molecule has 1 unspecified atom stereocenters. The predicted molar refractivity (Wildman–Crippen MR) is 114 cm³/mol. The second kappa shape index (κ2) is 12.3. The molecule has 1 aliphatic carbocycles. The molecule has 1 atom stereocenters. The van der Waals surface area contributed by atoms with Crippen LogP contribution in [0.2, 0.25) is 0 Å². The number of Topliss-reactive ketones (excluding diaryl/α,β-unsaturated/α-hetero) is 2. The lowest BCUT2D eigenvalue weighted by atomic mass is 9.73. The summed E-state index contributed by atoms with van der Waals surface area (Å²) < 4.78 is 11.5. The SMILES string of the molecule is C=C(C)CCC1C(=O)C(=O)C(CCCCCCCCCC)=C(C)C1(OC)OC. The Hall–Kier alpha value is -1.26. The molecule has 4 heteroatoms. The van der Waals surface area contributed by atoms with E-state index in [9.17, 15) is 9.59 Å². The van der Waals surface area contributed by atoms with Gasteiger partial charge in [0.05, 0.1) is 5.92 Å². The van der Waals surface area contributed by atoms with E-state index in [1.54, 1.807) is 14.2 Å². The van der Waals surface area contributed by atoms with E-state index in [4.69, 9.17) is 9.47 Å². The minimum atomic E-state index is -1.14. The van der Waals surface area contributed by atoms with Crippen molar-refractivity contribution in [2.24, 2.45) is 5.92 Å². The van der Waals surface area contributed by atoms with Crippen molar-refractivity contribution < 1.29 is 19.1 Å². The second-order valence-corrected chi connectivity index (χ2v) is 8.15. The van der Waals surface area contributed by atoms with Crippen LogP contribution in [-0.4, -0.2) is 31.6 Å². The molecule has 0 aromatic carbocycles. The molecule has 0 aromatic heterocycles. The molecular formula is C24H40O4. The number of hydrogen-bond donors (Lipinski definition) is 0. The van der Waals surface area contributed by atoms with Crippen molar-refractivity contribution in [2.45, 2.75) is 97.2 Å². The molecule has 28 heavy (non-hydrogen) atoms. The van der Waals surface area contributed by atoms with Crippen LogP contribution in [0.3, 0.4) is 0 Å². The fraction of sp³-hybridized carbons (Fsp3) is 0.750. The van der Waals surface area contributed by atoms with E-state index >= 15 is 0 Å². The summed E-state index contributed by atoms with van der Waals surface area (Å²) in [5.41, 5.74) is 2.33. The summed E-state index contributed by atoms with van der Waals surface area (Å²) in [7, 11) is 3.11. The Balaban J connectivity index is 2.81. The lowest BCUT2D eigenvalue weighted by Crippen LogP contribution is -2.53. The number of hydrogen-bond acceptors (Lipinski definition) is 4. The number of carbonyl (C=O) groups excluding carboxylic acids is 2. The molecule has 0 saturated heterocycles. The van der Waals surface area contributed by atoms with Gasteiger partial charge in [0.2, 0.25) is 17.4 Å². The maximum absolute atomic E-state index is 12.9. The molecule has 0 N–H and O–H groups in total. The van der Waals surface area contributed by atoms with Crippen LogP contribution in [-0.2, 0) is 19.1 Å². The van der Waals surface area contributed by atoms with Crippen molar-refractivity contribution >= 4 is 11.6 Å². The van der Waals surface area contributed by atoms with E-state index in [-0.39, 0.29) is 11.6 Å². The van der Waals surface area contributed by atoms with Gasteiger partial charge in [-0.3, -0.25) is 9.59 Å². The van der Waals surface area contributed by atoms with Gasteiger partial charge in [0.15, 0.2) is 0 Å². The molecule has 0 radical (unpaired) electrons. The first kappa shape index (κ1) is 24.8. The second-order valence-electron chi connectivity index (χ2n) is 8.15. The smallest absolute Gasteiger partial charge is 0.225 e. The van der Waals surface area contributed by atoms with Gasteiger partial charge >= 0.3 is 0 Å². The average Bonchev–Trinajstić information content (AvgIpc) is 2.68. The van der Waals surface area contributed by atoms with Crippen molar-refractivity contribution in [3.8, 4) is 0 Å². The summed E-state index contributed by atoms with van der Waals surface area (Å²) in [4.78, 5) is 25.7. The highest BCUT2D eigenvalue weighted by Crippen LogP contribution is 2.42. The summed E-state index contributed by atoms with van der Waals surface area (Å²) in [6.45, 7) is 9.94. The average molecular weight is 393 g/mol. The Morgan fingerprint density at radius 2 is 1.54 bits per heavy atom. The summed E-state index contributed by atoms with van der Waals surface area (Å²) in [5.74, 6) is -2.49. The van der Waals surface area contributed by atoms with E-state index in [1.807, 2.05) is 13.8 Å². The van der Waals surface area contributed by atoms with E-state index in [0.29, 0.717) is 24.8 Å². The van der Waals surface area contributed by atoms with Crippen molar-refractivity contribution in [3.05, 3.63) is 23.3 Å². The molecule has 0 amide bonds. The number of ether oxygens (including phenoxy) is 2. The van der Waals surface area contributed by atoms with Gasteiger partial charge in [-0.15, -0.1) is 6.58 Å². The van der Waals surface area contributed by atoms with Crippen LogP contribution in [0.4, 0.5) is 0 Å². The van der Waals surface area contributed by atoms with Gasteiger partial charge < -0.3 is 9.47 Å². The Morgan fingerprint density at radius 3 is 2.04 bits per heavy atom. The molecule has 160 valence electrons. The van der Waals surface area contributed by atoms with Crippen LogP contribution in [0.1, 0.15) is 91.4 Å². The fourth-order valence-corrected chi connectivity index (χ4v) is 4.24. The number of carbonyl (C=O) groups is 2. The molecule has 0 spiro atoms. The Morgan fingerprint density at radius 1 is 1.00 bits per heavy atom. The predicted octanol–water partition coefficient (Wildman–Crippen LogP) is 5.95. The third-order valence-corrected chi connectivity index (χ3v) is 6.00. The molecule has 4 nitrogen and oxygen atoms in total. The summed E-state index contributed by atoms with van der Waals surface area (Å²) >= 11 is 0. The third kappa shape index (κ3) is 6.12. The first-order valence-electron chi connectivity index (χ1n) is 10.9. The normalized spacial score (nSPS) is 19.4. The van der Waals surface area contributed by atoms with Crippen LogP contribution in [0.15, 0.2) is 23.3 Å². The topological polar surface area (TPSA) is 52.6 Å². The molecule has 1 rings (SSSR count). The van der Waals surface area contributed by atoms with Crippen molar-refractivity contribution in [1.82, 2.24) is 0 Å². The van der Waals surface area contributed by atoms with Crippen LogP contribution < -0.4 is 0 Å². The molecule has 0 heterocycles. The first-order valence-corrected chi connectivity index (χ1v) is 10.9. The van der Waals surface area contributed by atoms with Gasteiger partial charge in [0.25, 0.3) is 0 Å². The van der Waals surface area contributed by atoms with Gasteiger partial charge in [-0.25, -0.2) is 0 Å². The van der Waals surface area contributed by atoms with Crippen LogP contribution in [0.25, 0.3) is 0 Å².